The highest BCUT2D eigenvalue weighted by molar-refractivity contribution is 6.10. The molecular formula is C21H17F6N5O2. The number of hydrazine groups is 1. The van der Waals surface area contributed by atoms with Crippen LogP contribution >= 0.6 is 0 Å². The summed E-state index contributed by atoms with van der Waals surface area (Å²) in [6.07, 6.45) is -7.67. The molecule has 34 heavy (non-hydrogen) atoms. The molecular weight excluding hydrogens is 468 g/mol. The Balaban J connectivity index is 1.75. The molecule has 2 aliphatic heterocycles. The fourth-order valence-electron chi connectivity index (χ4n) is 3.99. The van der Waals surface area contributed by atoms with Gasteiger partial charge in [-0.25, -0.2) is 9.97 Å². The lowest BCUT2D eigenvalue weighted by molar-refractivity contribution is -0.141. The van der Waals surface area contributed by atoms with Crippen molar-refractivity contribution in [3.05, 3.63) is 53.1 Å². The van der Waals surface area contributed by atoms with Gasteiger partial charge in [0, 0.05) is 17.8 Å². The van der Waals surface area contributed by atoms with Crippen LogP contribution in [-0.4, -0.2) is 33.3 Å². The van der Waals surface area contributed by atoms with E-state index in [-0.39, 0.29) is 5.69 Å². The number of hydrogen-bond donors (Lipinski definition) is 2. The Hall–Kier alpha value is -3.64. The topological polar surface area (TPSA) is 87.2 Å². The number of carbonyl (C=O) groups is 2. The molecule has 3 heterocycles. The predicted molar refractivity (Wildman–Crippen MR) is 106 cm³/mol. The molecule has 2 N–H and O–H groups in total. The van der Waals surface area contributed by atoms with Crippen molar-refractivity contribution in [2.75, 3.05) is 11.9 Å². The van der Waals surface area contributed by atoms with E-state index in [2.05, 4.69) is 20.7 Å². The Morgan fingerprint density at radius 1 is 1.12 bits per heavy atom. The van der Waals surface area contributed by atoms with Crippen molar-refractivity contribution in [3.8, 4) is 11.3 Å². The summed E-state index contributed by atoms with van der Waals surface area (Å²) in [7, 11) is 0. The van der Waals surface area contributed by atoms with E-state index in [1.165, 1.54) is 0 Å². The largest absolute Gasteiger partial charge is 0.433 e. The van der Waals surface area contributed by atoms with Crippen molar-refractivity contribution >= 4 is 17.5 Å². The molecule has 0 bridgehead atoms. The molecule has 2 aliphatic rings. The molecule has 1 atom stereocenters. The lowest BCUT2D eigenvalue weighted by Gasteiger charge is -2.32. The summed E-state index contributed by atoms with van der Waals surface area (Å²) in [6, 6.07) is 2.66. The Bertz CT molecular complexity index is 1190. The highest BCUT2D eigenvalue weighted by Crippen LogP contribution is 2.38. The van der Waals surface area contributed by atoms with Crippen LogP contribution in [0.2, 0.25) is 0 Å². The molecule has 0 radical (unpaired) electrons. The third kappa shape index (κ3) is 4.41. The number of nitrogens with one attached hydrogen (secondary N) is 2. The smallest absolute Gasteiger partial charge is 0.324 e. The lowest BCUT2D eigenvalue weighted by Crippen LogP contribution is -2.50. The maximum atomic E-state index is 13.3. The van der Waals surface area contributed by atoms with Gasteiger partial charge in [0.1, 0.15) is 17.9 Å². The van der Waals surface area contributed by atoms with E-state index in [0.717, 1.165) is 18.2 Å². The first-order chi connectivity index (χ1) is 15.9. The van der Waals surface area contributed by atoms with E-state index in [1.54, 1.807) is 11.9 Å². The first kappa shape index (κ1) is 23.5. The molecule has 1 unspecified atom stereocenters. The van der Waals surface area contributed by atoms with E-state index in [9.17, 15) is 35.9 Å². The molecule has 180 valence electrons. The monoisotopic (exact) mass is 485 g/mol. The number of rotatable bonds is 3. The Labute approximate surface area is 188 Å². The third-order valence-corrected chi connectivity index (χ3v) is 5.62. The summed E-state index contributed by atoms with van der Waals surface area (Å²) in [5.74, 6) is -2.70. The SMILES string of the molecule is CC1=C2CCCN2NC(=O)C1C(=O)Nc1ccc(C(F)(F)F)cc1-c1cc(C(F)(F)F)ncn1. The summed E-state index contributed by atoms with van der Waals surface area (Å²) < 4.78 is 79.2. The summed E-state index contributed by atoms with van der Waals surface area (Å²) in [5.41, 5.74) is 0.253. The van der Waals surface area contributed by atoms with Crippen LogP contribution in [0.5, 0.6) is 0 Å². The first-order valence-corrected chi connectivity index (χ1v) is 10.1. The molecule has 0 spiro atoms. The number of hydrogen-bond acceptors (Lipinski definition) is 5. The average Bonchev–Trinajstić information content (AvgIpc) is 3.21. The van der Waals surface area contributed by atoms with Gasteiger partial charge >= 0.3 is 12.4 Å². The van der Waals surface area contributed by atoms with Gasteiger partial charge in [-0.2, -0.15) is 26.3 Å². The number of anilines is 1. The lowest BCUT2D eigenvalue weighted by atomic mass is 9.94. The minimum atomic E-state index is -4.86. The van der Waals surface area contributed by atoms with Crippen molar-refractivity contribution in [1.82, 2.24) is 20.4 Å². The Kier molecular flexibility index (Phi) is 5.74. The van der Waals surface area contributed by atoms with Gasteiger partial charge in [0.2, 0.25) is 5.91 Å². The van der Waals surface area contributed by atoms with Crippen LogP contribution in [0.3, 0.4) is 0 Å². The average molecular weight is 485 g/mol. The second-order valence-electron chi connectivity index (χ2n) is 7.83. The van der Waals surface area contributed by atoms with Crippen molar-refractivity contribution in [1.29, 1.82) is 0 Å². The number of aromatic nitrogens is 2. The molecule has 1 aromatic heterocycles. The fraction of sp³-hybridized carbons (Fsp3) is 0.333. The van der Waals surface area contributed by atoms with Crippen LogP contribution in [-0.2, 0) is 21.9 Å². The Morgan fingerprint density at radius 2 is 1.85 bits per heavy atom. The molecule has 4 rings (SSSR count). The molecule has 0 saturated carbocycles. The summed E-state index contributed by atoms with van der Waals surface area (Å²) in [5, 5.41) is 4.04. The number of nitrogens with zero attached hydrogens (tertiary/aromatic N) is 3. The van der Waals surface area contributed by atoms with E-state index >= 15 is 0 Å². The van der Waals surface area contributed by atoms with Gasteiger partial charge in [-0.05, 0) is 49.6 Å². The first-order valence-electron chi connectivity index (χ1n) is 10.1. The van der Waals surface area contributed by atoms with Gasteiger partial charge < -0.3 is 5.32 Å². The number of alkyl halides is 6. The summed E-state index contributed by atoms with van der Waals surface area (Å²) >= 11 is 0. The van der Waals surface area contributed by atoms with Crippen LogP contribution in [0.1, 0.15) is 31.0 Å². The zero-order valence-electron chi connectivity index (χ0n) is 17.5. The van der Waals surface area contributed by atoms with Crippen molar-refractivity contribution in [3.63, 3.8) is 0 Å². The summed E-state index contributed by atoms with van der Waals surface area (Å²) in [4.78, 5) is 32.3. The van der Waals surface area contributed by atoms with Gasteiger partial charge in [0.25, 0.3) is 5.91 Å². The quantitative estimate of drug-likeness (QED) is 0.504. The summed E-state index contributed by atoms with van der Waals surface area (Å²) in [6.45, 7) is 2.20. The second-order valence-corrected chi connectivity index (χ2v) is 7.83. The van der Waals surface area contributed by atoms with E-state index in [4.69, 9.17) is 0 Å². The third-order valence-electron chi connectivity index (χ3n) is 5.62. The van der Waals surface area contributed by atoms with Crippen molar-refractivity contribution in [2.24, 2.45) is 5.92 Å². The number of allylic oxidation sites excluding steroid dienone is 1. The normalized spacial score (nSPS) is 18.6. The molecule has 1 aromatic carbocycles. The van der Waals surface area contributed by atoms with Crippen LogP contribution in [0.25, 0.3) is 11.3 Å². The minimum absolute atomic E-state index is 0.232. The van der Waals surface area contributed by atoms with E-state index in [0.29, 0.717) is 43.1 Å². The predicted octanol–water partition coefficient (Wildman–Crippen LogP) is 4.15. The molecule has 0 aliphatic carbocycles. The highest BCUT2D eigenvalue weighted by Gasteiger charge is 2.39. The number of amides is 2. The zero-order chi connectivity index (χ0) is 24.8. The van der Waals surface area contributed by atoms with Gasteiger partial charge in [-0.1, -0.05) is 0 Å². The van der Waals surface area contributed by atoms with Gasteiger partial charge in [0.05, 0.1) is 16.9 Å². The number of fused-ring (bicyclic) bond motifs is 1. The molecule has 2 aromatic rings. The van der Waals surface area contributed by atoms with Gasteiger partial charge in [-0.3, -0.25) is 20.0 Å². The molecule has 2 amide bonds. The Morgan fingerprint density at radius 3 is 2.53 bits per heavy atom. The van der Waals surface area contributed by atoms with Crippen LogP contribution in [0, 0.1) is 5.92 Å². The molecule has 13 heteroatoms. The van der Waals surface area contributed by atoms with E-state index in [1.807, 2.05) is 0 Å². The zero-order valence-corrected chi connectivity index (χ0v) is 17.5. The van der Waals surface area contributed by atoms with Crippen LogP contribution in [0.15, 0.2) is 41.9 Å². The van der Waals surface area contributed by atoms with Crippen molar-refractivity contribution in [2.45, 2.75) is 32.1 Å². The minimum Gasteiger partial charge on any atom is -0.324 e. The number of halogens is 6. The van der Waals surface area contributed by atoms with Gasteiger partial charge in [0.15, 0.2) is 0 Å². The maximum absolute atomic E-state index is 13.3. The van der Waals surface area contributed by atoms with Gasteiger partial charge in [-0.15, -0.1) is 0 Å². The van der Waals surface area contributed by atoms with Crippen molar-refractivity contribution < 1.29 is 35.9 Å². The molecule has 1 fully saturated rings. The van der Waals surface area contributed by atoms with Crippen LogP contribution in [0.4, 0.5) is 32.0 Å². The molecule has 1 saturated heterocycles. The number of benzene rings is 1. The van der Waals surface area contributed by atoms with Crippen LogP contribution < -0.4 is 10.7 Å². The maximum Gasteiger partial charge on any atom is 0.433 e. The fourth-order valence-corrected chi connectivity index (χ4v) is 3.99. The molecule has 7 nitrogen and oxygen atoms in total. The standard InChI is InChI=1S/C21H17F6N5O2/c1-10-15-3-2-6-32(15)31-19(34)17(10)18(33)30-13-5-4-11(20(22,23)24)7-12(13)14-8-16(21(25,26)27)29-9-28-14/h4-5,7-9,17H,2-3,6H2,1H3,(H,30,33)(H,31,34). The second kappa shape index (κ2) is 8.29. The van der Waals surface area contributed by atoms with E-state index < -0.39 is 52.6 Å². The number of carbonyl (C=O) groups excluding carboxylic acids is 2. The highest BCUT2D eigenvalue weighted by atomic mass is 19.4.